The molecule has 0 spiro atoms. The molecule has 0 saturated heterocycles. The van der Waals surface area contributed by atoms with E-state index in [-0.39, 0.29) is 0 Å². The quantitative estimate of drug-likeness (QED) is 0.404. The summed E-state index contributed by atoms with van der Waals surface area (Å²) in [4.78, 5) is 8.55. The van der Waals surface area contributed by atoms with Crippen molar-refractivity contribution < 1.29 is 4.57 Å². The smallest absolute Gasteiger partial charge is 0.264 e. The van der Waals surface area contributed by atoms with Crippen LogP contribution in [0.3, 0.4) is 0 Å². The minimum Gasteiger partial charge on any atom is -0.264 e. The number of hydrogen-bond donors (Lipinski definition) is 0. The zero-order chi connectivity index (χ0) is 14.1. The van der Waals surface area contributed by atoms with Crippen molar-refractivity contribution in [2.75, 3.05) is 0 Å². The van der Waals surface area contributed by atoms with Crippen molar-refractivity contribution in [1.82, 2.24) is 19.1 Å². The number of imidazole rings is 1. The maximum absolute atomic E-state index is 4.29. The topological polar surface area (TPSA) is 39.5 Å². The van der Waals surface area contributed by atoms with Gasteiger partial charge in [-0.25, -0.2) is 9.13 Å². The van der Waals surface area contributed by atoms with Gasteiger partial charge in [-0.1, -0.05) is 0 Å². The average Bonchev–Trinajstić information content (AvgIpc) is 3.11. The highest BCUT2D eigenvalue weighted by molar-refractivity contribution is 6.04. The van der Waals surface area contributed by atoms with Crippen LogP contribution >= 0.6 is 0 Å². The molecule has 5 heteroatoms. The minimum atomic E-state index is 0.909. The molecule has 4 aromatic rings. The highest BCUT2D eigenvalue weighted by Crippen LogP contribution is 2.36. The molecule has 102 valence electrons. The van der Waals surface area contributed by atoms with E-state index in [1.807, 2.05) is 24.8 Å². The van der Waals surface area contributed by atoms with Gasteiger partial charge in [-0.2, -0.15) is 0 Å². The van der Waals surface area contributed by atoms with Crippen LogP contribution in [-0.2, 0) is 20.6 Å². The zero-order valence-corrected chi connectivity index (χ0v) is 11.9. The SMILES string of the molecule is Cn1c2cnccc2c2c1[n+](C)c1n2Cc2ccncc2-1. The number of nitrogens with zero attached hydrogens (tertiary/aromatic N) is 5. The van der Waals surface area contributed by atoms with Gasteiger partial charge in [0.25, 0.3) is 5.65 Å². The highest BCUT2D eigenvalue weighted by atomic mass is 15.2. The summed E-state index contributed by atoms with van der Waals surface area (Å²) in [5.41, 5.74) is 6.25. The molecular formula is C16H14N5+. The molecule has 1 aliphatic heterocycles. The lowest BCUT2D eigenvalue weighted by atomic mass is 10.2. The number of rotatable bonds is 0. The number of pyridine rings is 2. The lowest BCUT2D eigenvalue weighted by Crippen LogP contribution is -2.31. The number of aromatic nitrogens is 5. The molecule has 21 heavy (non-hydrogen) atoms. The fourth-order valence-electron chi connectivity index (χ4n) is 3.70. The maximum Gasteiger partial charge on any atom is 0.269 e. The normalized spacial score (nSPS) is 13.0. The van der Waals surface area contributed by atoms with E-state index in [0.717, 1.165) is 6.54 Å². The van der Waals surface area contributed by atoms with Gasteiger partial charge in [0.2, 0.25) is 5.82 Å². The van der Waals surface area contributed by atoms with Gasteiger partial charge in [0.15, 0.2) is 5.52 Å². The van der Waals surface area contributed by atoms with Crippen LogP contribution in [0.15, 0.2) is 36.9 Å². The average molecular weight is 276 g/mol. The van der Waals surface area contributed by atoms with Crippen molar-refractivity contribution in [3.8, 4) is 11.4 Å². The first-order valence-corrected chi connectivity index (χ1v) is 7.01. The third-order valence-corrected chi connectivity index (χ3v) is 4.59. The summed E-state index contributed by atoms with van der Waals surface area (Å²) in [6.45, 7) is 0.909. The first kappa shape index (κ1) is 11.0. The van der Waals surface area contributed by atoms with Crippen LogP contribution in [0.4, 0.5) is 0 Å². The molecule has 0 unspecified atom stereocenters. The van der Waals surface area contributed by atoms with E-state index in [1.54, 1.807) is 0 Å². The Morgan fingerprint density at radius 1 is 1.14 bits per heavy atom. The van der Waals surface area contributed by atoms with Crippen LogP contribution in [-0.4, -0.2) is 19.1 Å². The molecular weight excluding hydrogens is 262 g/mol. The third kappa shape index (κ3) is 1.15. The number of hydrogen-bond acceptors (Lipinski definition) is 2. The van der Waals surface area contributed by atoms with Crippen molar-refractivity contribution in [3.63, 3.8) is 0 Å². The second-order valence-corrected chi connectivity index (χ2v) is 5.63. The minimum absolute atomic E-state index is 0.909. The highest BCUT2D eigenvalue weighted by Gasteiger charge is 2.34. The molecule has 0 aliphatic carbocycles. The van der Waals surface area contributed by atoms with Crippen molar-refractivity contribution in [1.29, 1.82) is 0 Å². The summed E-state index contributed by atoms with van der Waals surface area (Å²) >= 11 is 0. The summed E-state index contributed by atoms with van der Waals surface area (Å²) in [6, 6.07) is 4.22. The molecule has 0 fully saturated rings. The number of aryl methyl sites for hydroxylation is 2. The molecule has 0 aromatic carbocycles. The molecule has 0 atom stereocenters. The van der Waals surface area contributed by atoms with Crippen molar-refractivity contribution in [2.24, 2.45) is 14.1 Å². The molecule has 0 radical (unpaired) electrons. The van der Waals surface area contributed by atoms with E-state index in [9.17, 15) is 0 Å². The fraction of sp³-hybridized carbons (Fsp3) is 0.188. The first-order chi connectivity index (χ1) is 10.3. The van der Waals surface area contributed by atoms with Gasteiger partial charge >= 0.3 is 0 Å². The van der Waals surface area contributed by atoms with Crippen LogP contribution < -0.4 is 4.57 Å². The number of fused-ring (bicyclic) bond motifs is 7. The monoisotopic (exact) mass is 276 g/mol. The Labute approximate surface area is 121 Å². The molecule has 5 rings (SSSR count). The predicted molar refractivity (Wildman–Crippen MR) is 79.7 cm³/mol. The fourth-order valence-corrected chi connectivity index (χ4v) is 3.70. The molecule has 0 bridgehead atoms. The van der Waals surface area contributed by atoms with E-state index in [0.29, 0.717) is 0 Å². The van der Waals surface area contributed by atoms with Gasteiger partial charge in [0, 0.05) is 24.2 Å². The van der Waals surface area contributed by atoms with E-state index in [1.165, 1.54) is 39.0 Å². The van der Waals surface area contributed by atoms with Crippen molar-refractivity contribution >= 4 is 22.1 Å². The zero-order valence-electron chi connectivity index (χ0n) is 11.9. The molecule has 1 aliphatic rings. The predicted octanol–water partition coefficient (Wildman–Crippen LogP) is 1.78. The molecule has 5 nitrogen and oxygen atoms in total. The van der Waals surface area contributed by atoms with Crippen LogP contribution in [0, 0.1) is 0 Å². The lowest BCUT2D eigenvalue weighted by Gasteiger charge is -1.98. The lowest BCUT2D eigenvalue weighted by molar-refractivity contribution is -0.636. The largest absolute Gasteiger partial charge is 0.269 e. The Kier molecular flexibility index (Phi) is 1.83. The Bertz CT molecular complexity index is 1040. The van der Waals surface area contributed by atoms with E-state index in [4.69, 9.17) is 0 Å². The van der Waals surface area contributed by atoms with Crippen LogP contribution in [0.25, 0.3) is 33.5 Å². The van der Waals surface area contributed by atoms with Crippen molar-refractivity contribution in [2.45, 2.75) is 6.54 Å². The first-order valence-electron chi connectivity index (χ1n) is 7.01. The van der Waals surface area contributed by atoms with Crippen LogP contribution in [0.5, 0.6) is 0 Å². The molecule has 4 aromatic heterocycles. The van der Waals surface area contributed by atoms with Gasteiger partial charge in [-0.15, -0.1) is 0 Å². The van der Waals surface area contributed by atoms with Crippen molar-refractivity contribution in [3.05, 3.63) is 42.5 Å². The maximum atomic E-state index is 4.29. The molecule has 0 amide bonds. The van der Waals surface area contributed by atoms with E-state index >= 15 is 0 Å². The summed E-state index contributed by atoms with van der Waals surface area (Å²) in [6.07, 6.45) is 7.64. The van der Waals surface area contributed by atoms with Crippen LogP contribution in [0.2, 0.25) is 0 Å². The van der Waals surface area contributed by atoms with Gasteiger partial charge in [0.05, 0.1) is 37.8 Å². The molecule has 0 N–H and O–H groups in total. The van der Waals surface area contributed by atoms with E-state index in [2.05, 4.69) is 49.9 Å². The molecule has 5 heterocycles. The van der Waals surface area contributed by atoms with E-state index < -0.39 is 0 Å². The van der Waals surface area contributed by atoms with Gasteiger partial charge in [-0.3, -0.25) is 14.5 Å². The standard InChI is InChI=1S/C16H14N5/c1-19-13-8-18-6-4-11(13)14-16(19)20(2)15-12-7-17-5-3-10(12)9-21(14)15/h3-8H,9H2,1-2H3/q+1. The van der Waals surface area contributed by atoms with Gasteiger partial charge < -0.3 is 0 Å². The second-order valence-electron chi connectivity index (χ2n) is 5.63. The third-order valence-electron chi connectivity index (χ3n) is 4.59. The summed E-state index contributed by atoms with van der Waals surface area (Å²) in [7, 11) is 4.23. The Hall–Kier alpha value is -2.69. The molecule has 0 saturated carbocycles. The Morgan fingerprint density at radius 2 is 1.95 bits per heavy atom. The summed E-state index contributed by atoms with van der Waals surface area (Å²) in [5, 5.41) is 1.25. The summed E-state index contributed by atoms with van der Waals surface area (Å²) < 4.78 is 6.88. The van der Waals surface area contributed by atoms with Crippen LogP contribution in [0.1, 0.15) is 5.56 Å². The summed E-state index contributed by atoms with van der Waals surface area (Å²) in [5.74, 6) is 1.23. The second kappa shape index (κ2) is 3.49. The van der Waals surface area contributed by atoms with Gasteiger partial charge in [-0.05, 0) is 12.1 Å². The Balaban J connectivity index is 2.03. The Morgan fingerprint density at radius 3 is 2.86 bits per heavy atom. The van der Waals surface area contributed by atoms with Gasteiger partial charge in [0.1, 0.15) is 5.52 Å².